The number of anilines is 1. The molecule has 0 amide bonds. The average Bonchev–Trinajstić information content (AvgIpc) is 3.08. The Morgan fingerprint density at radius 1 is 1.42 bits per heavy atom. The molecule has 2 aliphatic rings. The van der Waals surface area contributed by atoms with E-state index in [1.807, 2.05) is 0 Å². The second-order valence-electron chi connectivity index (χ2n) is 5.79. The van der Waals surface area contributed by atoms with Crippen molar-refractivity contribution >= 4 is 5.69 Å². The van der Waals surface area contributed by atoms with Crippen LogP contribution >= 0.6 is 0 Å². The van der Waals surface area contributed by atoms with Gasteiger partial charge in [-0.25, -0.2) is 0 Å². The van der Waals surface area contributed by atoms with Crippen LogP contribution in [0, 0.1) is 0 Å². The summed E-state index contributed by atoms with van der Waals surface area (Å²) in [5.74, 6) is 0. The van der Waals surface area contributed by atoms with Crippen molar-refractivity contribution in [2.24, 2.45) is 0 Å². The fourth-order valence-corrected chi connectivity index (χ4v) is 3.15. The normalized spacial score (nSPS) is 21.7. The summed E-state index contributed by atoms with van der Waals surface area (Å²) >= 11 is 0. The maximum Gasteiger partial charge on any atom is 0.0588 e. The van der Waals surface area contributed by atoms with Gasteiger partial charge in [0.2, 0.25) is 0 Å². The molecule has 1 atom stereocenters. The average molecular weight is 260 g/mol. The van der Waals surface area contributed by atoms with Gasteiger partial charge in [0.15, 0.2) is 0 Å². The van der Waals surface area contributed by atoms with E-state index in [1.165, 1.54) is 42.5 Å². The summed E-state index contributed by atoms with van der Waals surface area (Å²) in [6, 6.07) is 6.68. The van der Waals surface area contributed by atoms with Crippen molar-refractivity contribution < 1.29 is 4.74 Å². The summed E-state index contributed by atoms with van der Waals surface area (Å²) in [6.45, 7) is 4.20. The van der Waals surface area contributed by atoms with Crippen molar-refractivity contribution in [3.63, 3.8) is 0 Å². The highest BCUT2D eigenvalue weighted by molar-refractivity contribution is 5.61. The summed E-state index contributed by atoms with van der Waals surface area (Å²) in [6.07, 6.45) is 5.32. The van der Waals surface area contributed by atoms with Crippen LogP contribution in [-0.4, -0.2) is 37.7 Å². The number of ether oxygens (including phenoxy) is 1. The second-order valence-corrected chi connectivity index (χ2v) is 5.79. The third kappa shape index (κ3) is 3.10. The van der Waals surface area contributed by atoms with Gasteiger partial charge in [0.05, 0.1) is 6.10 Å². The first-order chi connectivity index (χ1) is 9.33. The number of hydrogen-bond donors (Lipinski definition) is 1. The van der Waals surface area contributed by atoms with E-state index in [0.717, 1.165) is 26.2 Å². The molecular formula is C16H24N2O. The largest absolute Gasteiger partial charge is 0.384 e. The minimum Gasteiger partial charge on any atom is -0.384 e. The molecule has 2 heterocycles. The Hall–Kier alpha value is -1.06. The molecule has 1 saturated heterocycles. The molecule has 0 spiro atoms. The van der Waals surface area contributed by atoms with Crippen molar-refractivity contribution in [3.05, 3.63) is 29.3 Å². The molecular weight excluding hydrogens is 236 g/mol. The molecule has 2 aliphatic heterocycles. The summed E-state index contributed by atoms with van der Waals surface area (Å²) < 4.78 is 5.69. The topological polar surface area (TPSA) is 24.5 Å². The van der Waals surface area contributed by atoms with Crippen LogP contribution in [0.2, 0.25) is 0 Å². The van der Waals surface area contributed by atoms with Gasteiger partial charge >= 0.3 is 0 Å². The first-order valence-corrected chi connectivity index (χ1v) is 7.48. The van der Waals surface area contributed by atoms with E-state index in [-0.39, 0.29) is 0 Å². The summed E-state index contributed by atoms with van der Waals surface area (Å²) in [4.78, 5) is 2.41. The van der Waals surface area contributed by atoms with Gasteiger partial charge in [0, 0.05) is 31.9 Å². The molecule has 0 saturated carbocycles. The molecule has 3 nitrogen and oxygen atoms in total. The number of benzene rings is 1. The lowest BCUT2D eigenvalue weighted by Crippen LogP contribution is -2.23. The van der Waals surface area contributed by atoms with E-state index >= 15 is 0 Å². The van der Waals surface area contributed by atoms with E-state index in [2.05, 4.69) is 35.5 Å². The highest BCUT2D eigenvalue weighted by atomic mass is 16.5. The van der Waals surface area contributed by atoms with Gasteiger partial charge in [-0.1, -0.05) is 18.2 Å². The van der Waals surface area contributed by atoms with Crippen molar-refractivity contribution in [3.8, 4) is 0 Å². The van der Waals surface area contributed by atoms with E-state index in [4.69, 9.17) is 4.74 Å². The SMILES string of the molecule is CN(CCC1CCCO1)Cc1cccc2c1NCC2. The molecule has 104 valence electrons. The van der Waals surface area contributed by atoms with Gasteiger partial charge < -0.3 is 15.0 Å². The molecule has 0 aliphatic carbocycles. The number of para-hydroxylation sites is 1. The summed E-state index contributed by atoms with van der Waals surface area (Å²) in [7, 11) is 2.21. The first kappa shape index (κ1) is 12.9. The molecule has 0 radical (unpaired) electrons. The van der Waals surface area contributed by atoms with E-state index in [1.54, 1.807) is 0 Å². The molecule has 1 unspecified atom stereocenters. The van der Waals surface area contributed by atoms with Crippen LogP contribution in [0.25, 0.3) is 0 Å². The predicted molar refractivity (Wildman–Crippen MR) is 78.6 cm³/mol. The highest BCUT2D eigenvalue weighted by Crippen LogP contribution is 2.27. The Kier molecular flexibility index (Phi) is 4.04. The maximum absolute atomic E-state index is 5.69. The molecule has 0 aromatic heterocycles. The van der Waals surface area contributed by atoms with Gasteiger partial charge in [-0.15, -0.1) is 0 Å². The minimum atomic E-state index is 0.502. The standard InChI is InChI=1S/C16H24N2O/c1-18(10-8-15-6-3-11-19-15)12-14-5-2-4-13-7-9-17-16(13)14/h2,4-5,15,17H,3,6-12H2,1H3. The number of nitrogens with zero attached hydrogens (tertiary/aromatic N) is 1. The van der Waals surface area contributed by atoms with E-state index < -0.39 is 0 Å². The number of hydrogen-bond acceptors (Lipinski definition) is 3. The Morgan fingerprint density at radius 3 is 3.21 bits per heavy atom. The number of fused-ring (bicyclic) bond motifs is 1. The molecule has 19 heavy (non-hydrogen) atoms. The summed E-state index contributed by atoms with van der Waals surface area (Å²) in [5, 5.41) is 3.52. The monoisotopic (exact) mass is 260 g/mol. The molecule has 3 rings (SSSR count). The van der Waals surface area contributed by atoms with Crippen molar-refractivity contribution in [1.29, 1.82) is 0 Å². The maximum atomic E-state index is 5.69. The predicted octanol–water partition coefficient (Wildman–Crippen LogP) is 2.66. The van der Waals surface area contributed by atoms with Crippen molar-refractivity contribution in [1.82, 2.24) is 4.90 Å². The Balaban J connectivity index is 1.54. The zero-order chi connectivity index (χ0) is 13.1. The fraction of sp³-hybridized carbons (Fsp3) is 0.625. The number of rotatable bonds is 5. The fourth-order valence-electron chi connectivity index (χ4n) is 3.15. The van der Waals surface area contributed by atoms with Crippen LogP contribution in [0.4, 0.5) is 5.69 Å². The van der Waals surface area contributed by atoms with Gasteiger partial charge in [0.1, 0.15) is 0 Å². The van der Waals surface area contributed by atoms with Gasteiger partial charge in [-0.05, 0) is 43.9 Å². The zero-order valence-corrected chi connectivity index (χ0v) is 11.8. The molecule has 1 fully saturated rings. The Labute approximate surface area is 115 Å². The van der Waals surface area contributed by atoms with Crippen LogP contribution in [0.1, 0.15) is 30.4 Å². The quantitative estimate of drug-likeness (QED) is 0.881. The lowest BCUT2D eigenvalue weighted by atomic mass is 10.1. The number of nitrogens with one attached hydrogen (secondary N) is 1. The lowest BCUT2D eigenvalue weighted by Gasteiger charge is -2.20. The molecule has 1 aromatic carbocycles. The first-order valence-electron chi connectivity index (χ1n) is 7.48. The summed E-state index contributed by atoms with van der Waals surface area (Å²) in [5.41, 5.74) is 4.29. The van der Waals surface area contributed by atoms with Crippen LogP contribution in [0.5, 0.6) is 0 Å². The lowest BCUT2D eigenvalue weighted by molar-refractivity contribution is 0.0944. The minimum absolute atomic E-state index is 0.502. The highest BCUT2D eigenvalue weighted by Gasteiger charge is 2.17. The van der Waals surface area contributed by atoms with Crippen LogP contribution < -0.4 is 5.32 Å². The third-order valence-electron chi connectivity index (χ3n) is 4.23. The molecule has 1 N–H and O–H groups in total. The molecule has 0 bridgehead atoms. The molecule has 1 aromatic rings. The van der Waals surface area contributed by atoms with Crippen LogP contribution in [-0.2, 0) is 17.7 Å². The van der Waals surface area contributed by atoms with Crippen LogP contribution in [0.15, 0.2) is 18.2 Å². The van der Waals surface area contributed by atoms with Crippen molar-refractivity contribution in [2.75, 3.05) is 32.1 Å². The van der Waals surface area contributed by atoms with Gasteiger partial charge in [-0.3, -0.25) is 0 Å². The van der Waals surface area contributed by atoms with Crippen molar-refractivity contribution in [2.45, 2.75) is 38.3 Å². The van der Waals surface area contributed by atoms with Gasteiger partial charge in [-0.2, -0.15) is 0 Å². The van der Waals surface area contributed by atoms with E-state index in [0.29, 0.717) is 6.10 Å². The third-order valence-corrected chi connectivity index (χ3v) is 4.23. The zero-order valence-electron chi connectivity index (χ0n) is 11.8. The molecule has 3 heteroatoms. The van der Waals surface area contributed by atoms with E-state index in [9.17, 15) is 0 Å². The smallest absolute Gasteiger partial charge is 0.0588 e. The second kappa shape index (κ2) is 5.93. The van der Waals surface area contributed by atoms with Crippen LogP contribution in [0.3, 0.4) is 0 Å². The Morgan fingerprint density at radius 2 is 2.37 bits per heavy atom. The van der Waals surface area contributed by atoms with Gasteiger partial charge in [0.25, 0.3) is 0 Å². The Bertz CT molecular complexity index is 427.